The summed E-state index contributed by atoms with van der Waals surface area (Å²) in [7, 11) is -6.66. The highest BCUT2D eigenvalue weighted by molar-refractivity contribution is 7.19. The molecular weight excluding hydrogens is 849 g/mol. The average Bonchev–Trinajstić information content (AvgIpc) is 1.67. The van der Waals surface area contributed by atoms with E-state index in [-0.39, 0.29) is 16.8 Å². The van der Waals surface area contributed by atoms with E-state index in [4.69, 9.17) is 24.7 Å². The normalized spacial score (nSPS) is 20.3. The van der Waals surface area contributed by atoms with Gasteiger partial charge >= 0.3 is 0 Å². The van der Waals surface area contributed by atoms with Gasteiger partial charge in [-0.25, -0.2) is 0 Å². The van der Waals surface area contributed by atoms with Gasteiger partial charge in [-0.15, -0.1) is 0 Å². The van der Waals surface area contributed by atoms with Crippen LogP contribution in [0, 0.1) is 0 Å². The molecule has 0 atom stereocenters. The summed E-state index contributed by atoms with van der Waals surface area (Å²) in [5.74, 6) is 0. The number of aromatic nitrogens is 2. The molecule has 3 heteroatoms. The summed E-state index contributed by atoms with van der Waals surface area (Å²) in [6.45, 7) is 0. The van der Waals surface area contributed by atoms with Gasteiger partial charge in [-0.2, -0.15) is 0 Å². The van der Waals surface area contributed by atoms with Crippen LogP contribution in [0.15, 0.2) is 278 Å². The molecule has 0 amide bonds. The highest BCUT2D eigenvalue weighted by Gasteiger charge is 2.41. The van der Waals surface area contributed by atoms with E-state index in [0.29, 0.717) is 4.57 Å². The van der Waals surface area contributed by atoms with Gasteiger partial charge in [-0.05, 0) is 121 Å². The van der Waals surface area contributed by atoms with Crippen LogP contribution in [-0.2, 0) is 0 Å². The van der Waals surface area contributed by atoms with Gasteiger partial charge in [-0.1, -0.05) is 212 Å². The molecule has 324 valence electrons. The minimum atomic E-state index is -6.66. The van der Waals surface area contributed by atoms with Crippen LogP contribution in [0.4, 0.5) is 0 Å². The van der Waals surface area contributed by atoms with Gasteiger partial charge in [0.25, 0.3) is 0 Å². The second kappa shape index (κ2) is 16.8. The van der Waals surface area contributed by atoms with Gasteiger partial charge in [0.1, 0.15) is 0 Å². The Bertz CT molecular complexity index is 6270. The molecule has 0 aliphatic heterocycles. The van der Waals surface area contributed by atoms with Crippen LogP contribution in [0.25, 0.3) is 88.4 Å². The average molecular weight is 937 g/mol. The number of hydrogen-bond acceptors (Lipinski definition) is 0. The largest absolute Gasteiger partial charge is 0.309 e. The first-order valence-electron chi connectivity index (χ1n) is 41.4. The number of benzene rings is 11. The van der Waals surface area contributed by atoms with Gasteiger partial charge in [-0.3, -0.25) is 0 Å². The molecule has 0 aliphatic carbocycles. The Morgan fingerprint density at radius 2 is 0.696 bits per heavy atom. The summed E-state index contributed by atoms with van der Waals surface area (Å²) in [6.07, 6.45) is 0. The molecule has 0 radical (unpaired) electrons. The van der Waals surface area contributed by atoms with Crippen LogP contribution < -0.4 is 20.7 Å². The second-order valence-electron chi connectivity index (χ2n) is 14.8. The lowest BCUT2D eigenvalue weighted by Crippen LogP contribution is -2.74. The Morgan fingerprint density at radius 3 is 1.25 bits per heavy atom. The van der Waals surface area contributed by atoms with E-state index < -0.39 is 354 Å². The van der Waals surface area contributed by atoms with Crippen LogP contribution in [0.3, 0.4) is 0 Å². The Labute approximate surface area is 462 Å². The first kappa shape index (κ1) is 16.2. The number of fused-ring (bicyclic) bond motifs is 6. The standard InChI is InChI=1S/C66H46N2Si/c1-5-20-47(21-6-1)50-24-18-25-53(43-50)67-63-36-15-13-34-59(63)61-44-51(38-40-65(61)67)48-22-17-23-49(42-48)52-39-41-66-62(45-52)60-35-14-16-37-64(60)68(66)54-26-19-33-58(46-54)69(55-27-7-2-8-28-55,56-29-9-3-10-30-56)57-31-11-4-12-32-57/h1-46H/i1D,2D,3D,4D,5D,6D,7D,8D,9D,10D,11D,12D,13D,14D,15D,16D,17D,19D,20D,21D,22D,23D,26D,27D,28D,29D,30D,31D,32D,33D,34D,35D,36D,37D,38D,39D,40D,41D,42D,44D,45D,46D. The molecule has 2 nitrogen and oxygen atoms in total. The molecule has 0 bridgehead atoms. The van der Waals surface area contributed by atoms with Crippen molar-refractivity contribution in [2.24, 2.45) is 0 Å². The zero-order valence-corrected chi connectivity index (χ0v) is 35.7. The molecule has 0 unspecified atom stereocenters. The quantitative estimate of drug-likeness (QED) is 0.101. The van der Waals surface area contributed by atoms with Crippen LogP contribution in [-0.4, -0.2) is 17.2 Å². The van der Waals surface area contributed by atoms with Crippen LogP contribution in [0.1, 0.15) is 57.6 Å². The number of rotatable bonds is 9. The maximum Gasteiger partial charge on any atom is 0.179 e. The van der Waals surface area contributed by atoms with Crippen molar-refractivity contribution in [1.29, 1.82) is 0 Å². The fourth-order valence-electron chi connectivity index (χ4n) is 8.25. The minimum absolute atomic E-state index is 0.0501. The topological polar surface area (TPSA) is 9.86 Å². The minimum Gasteiger partial charge on any atom is -0.309 e. The van der Waals surface area contributed by atoms with Crippen LogP contribution in [0.2, 0.25) is 0 Å². The van der Waals surface area contributed by atoms with E-state index >= 15 is 0 Å². The van der Waals surface area contributed by atoms with Crippen molar-refractivity contribution < 1.29 is 57.6 Å². The van der Waals surface area contributed by atoms with Crippen LogP contribution >= 0.6 is 0 Å². The van der Waals surface area contributed by atoms with Gasteiger partial charge in [0.05, 0.1) is 79.6 Å². The summed E-state index contributed by atoms with van der Waals surface area (Å²) in [5.41, 5.74) is -8.85. The van der Waals surface area contributed by atoms with Gasteiger partial charge in [0.2, 0.25) is 0 Å². The van der Waals surface area contributed by atoms with Gasteiger partial charge < -0.3 is 9.13 Å². The van der Waals surface area contributed by atoms with E-state index in [1.54, 1.807) is 0 Å². The fourth-order valence-corrected chi connectivity index (χ4v) is 11.8. The summed E-state index contributed by atoms with van der Waals surface area (Å²) in [5, 5.41) is -8.10. The van der Waals surface area contributed by atoms with Gasteiger partial charge in [0, 0.05) is 32.9 Å². The molecule has 0 fully saturated rings. The SMILES string of the molecule is [2H]c1c([2H])c([2H])c(-c2cccc(-n3c4c([2H])c([2H])c([2H])c([2H])c4c4c([2H])c(-c5c([2H])c([2H])c([2H])c(-c6c([2H])c([2H])c7c(c6[2H])c6c([2H])c([2H])c([2H])c([2H])c6n7-c6c([2H])c([2H])c([2H])c([Si](c7c([2H])c([2H])c([2H])c([2H])c7[2H])(c7c([2H])c([2H])c([2H])c([2H])c7[2H])c7c([2H])c([2H])c([2H])c([2H])c7[2H])c6[2H])c5[2H])c([2H])c([2H])c43)c2)c([2H])c1[2H]. The molecule has 69 heavy (non-hydrogen) atoms. The lowest BCUT2D eigenvalue weighted by atomic mass is 9.97. The fraction of sp³-hybridized carbons (Fsp3) is 0. The van der Waals surface area contributed by atoms with E-state index in [1.165, 1.54) is 24.3 Å². The van der Waals surface area contributed by atoms with Crippen molar-refractivity contribution in [2.75, 3.05) is 0 Å². The summed E-state index contributed by atoms with van der Waals surface area (Å²) in [6, 6.07) is -43.3. The first-order valence-corrected chi connectivity index (χ1v) is 22.4. The Hall–Kier alpha value is -8.76. The summed E-state index contributed by atoms with van der Waals surface area (Å²) in [4.78, 5) is 0. The smallest absolute Gasteiger partial charge is 0.179 e. The van der Waals surface area contributed by atoms with Crippen molar-refractivity contribution in [1.82, 2.24) is 9.13 Å². The van der Waals surface area contributed by atoms with Crippen LogP contribution in [0.5, 0.6) is 0 Å². The van der Waals surface area contributed by atoms with E-state index in [9.17, 15) is 32.9 Å². The molecule has 11 aromatic carbocycles. The first-order chi connectivity index (χ1) is 51.7. The molecular formula is C66H46N2Si. The lowest BCUT2D eigenvalue weighted by Gasteiger charge is -2.34. The van der Waals surface area contributed by atoms with Crippen molar-refractivity contribution in [3.63, 3.8) is 0 Å². The third-order valence-corrected chi connectivity index (χ3v) is 15.2. The van der Waals surface area contributed by atoms with Crippen molar-refractivity contribution in [3.8, 4) is 44.8 Å². The Kier molecular flexibility index (Phi) is 3.95. The van der Waals surface area contributed by atoms with Crippen molar-refractivity contribution >= 4 is 72.4 Å². The predicted molar refractivity (Wildman–Crippen MR) is 295 cm³/mol. The number of para-hydroxylation sites is 2. The van der Waals surface area contributed by atoms with E-state index in [2.05, 4.69) is 0 Å². The summed E-state index contributed by atoms with van der Waals surface area (Å²) < 4.78 is 393. The molecule has 0 saturated carbocycles. The molecule has 0 saturated heterocycles. The molecule has 0 N–H and O–H groups in total. The number of hydrogen-bond donors (Lipinski definition) is 0. The number of nitrogens with zero attached hydrogens (tertiary/aromatic N) is 2. The third kappa shape index (κ3) is 6.78. The molecule has 2 heterocycles. The van der Waals surface area contributed by atoms with E-state index in [0.717, 1.165) is 4.57 Å². The predicted octanol–water partition coefficient (Wildman–Crippen LogP) is 14.3. The monoisotopic (exact) mass is 937 g/mol. The molecule has 13 rings (SSSR count). The Balaban J connectivity index is 1.18. The zero-order valence-electron chi connectivity index (χ0n) is 76.7. The second-order valence-corrected chi connectivity index (χ2v) is 18.3. The Morgan fingerprint density at radius 1 is 0.275 bits per heavy atom. The van der Waals surface area contributed by atoms with Crippen molar-refractivity contribution in [3.05, 3.63) is 278 Å². The zero-order chi connectivity index (χ0) is 82.3. The lowest BCUT2D eigenvalue weighted by molar-refractivity contribution is 1.18. The maximum atomic E-state index is 10.6. The maximum absolute atomic E-state index is 10.6. The third-order valence-electron chi connectivity index (χ3n) is 11.2. The van der Waals surface area contributed by atoms with Gasteiger partial charge in [0.15, 0.2) is 8.07 Å². The molecule has 0 aliphatic rings. The molecule has 0 spiro atoms. The summed E-state index contributed by atoms with van der Waals surface area (Å²) >= 11 is 0. The van der Waals surface area contributed by atoms with Crippen molar-refractivity contribution in [2.45, 2.75) is 0 Å². The molecule has 2 aromatic heterocycles. The highest BCUT2D eigenvalue weighted by atomic mass is 28.3. The van der Waals surface area contributed by atoms with E-state index in [1.807, 2.05) is 0 Å². The molecule has 13 aromatic rings. The highest BCUT2D eigenvalue weighted by Crippen LogP contribution is 2.39.